The van der Waals surface area contributed by atoms with E-state index in [4.69, 9.17) is 0 Å². The molecule has 1 atom stereocenters. The molecular formula is C17H14BrNO. The summed E-state index contributed by atoms with van der Waals surface area (Å²) in [5.41, 5.74) is 4.73. The lowest BCUT2D eigenvalue weighted by atomic mass is 9.84. The summed E-state index contributed by atoms with van der Waals surface area (Å²) in [5.74, 6) is 0.179. The monoisotopic (exact) mass is 327 g/mol. The molecule has 0 bridgehead atoms. The molecule has 0 aliphatic carbocycles. The number of benzene rings is 2. The second kappa shape index (κ2) is 4.45. The van der Waals surface area contributed by atoms with E-state index in [2.05, 4.69) is 46.3 Å². The van der Waals surface area contributed by atoms with Crippen LogP contribution in [0.15, 0.2) is 46.9 Å². The van der Waals surface area contributed by atoms with Crippen molar-refractivity contribution in [3.8, 4) is 0 Å². The number of carbonyl (C=O) groups excluding carboxylic acids is 1. The Morgan fingerprint density at radius 3 is 2.85 bits per heavy atom. The van der Waals surface area contributed by atoms with Crippen molar-refractivity contribution in [2.24, 2.45) is 0 Å². The van der Waals surface area contributed by atoms with Gasteiger partial charge < -0.3 is 4.90 Å². The van der Waals surface area contributed by atoms with Gasteiger partial charge in [0, 0.05) is 16.6 Å². The zero-order valence-electron chi connectivity index (χ0n) is 11.0. The molecule has 1 amide bonds. The van der Waals surface area contributed by atoms with Crippen molar-refractivity contribution in [1.29, 1.82) is 0 Å². The number of carbonyl (C=O) groups is 1. The molecule has 0 saturated carbocycles. The third-order valence-corrected chi connectivity index (χ3v) is 4.88. The van der Waals surface area contributed by atoms with E-state index in [1.54, 1.807) is 0 Å². The van der Waals surface area contributed by atoms with Crippen LogP contribution in [0.3, 0.4) is 0 Å². The Kier molecular flexibility index (Phi) is 2.71. The van der Waals surface area contributed by atoms with Gasteiger partial charge in [0.1, 0.15) is 0 Å². The van der Waals surface area contributed by atoms with Crippen molar-refractivity contribution in [3.05, 3.63) is 69.2 Å². The molecule has 0 saturated heterocycles. The minimum Gasteiger partial charge on any atom is -0.331 e. The van der Waals surface area contributed by atoms with Gasteiger partial charge in [0.25, 0.3) is 5.91 Å². The molecule has 2 heterocycles. The third kappa shape index (κ3) is 1.73. The summed E-state index contributed by atoms with van der Waals surface area (Å²) in [5, 5.41) is 0. The van der Waals surface area contributed by atoms with E-state index >= 15 is 0 Å². The second-order valence-electron chi connectivity index (χ2n) is 5.47. The van der Waals surface area contributed by atoms with Crippen LogP contribution in [0.25, 0.3) is 0 Å². The van der Waals surface area contributed by atoms with Crippen LogP contribution in [-0.4, -0.2) is 17.4 Å². The molecule has 20 heavy (non-hydrogen) atoms. The molecule has 0 aromatic heterocycles. The smallest absolute Gasteiger partial charge is 0.254 e. The molecule has 2 aliphatic rings. The lowest BCUT2D eigenvalue weighted by Gasteiger charge is -2.41. The van der Waals surface area contributed by atoms with Crippen LogP contribution in [0.2, 0.25) is 0 Å². The highest BCUT2D eigenvalue weighted by atomic mass is 79.9. The molecule has 100 valence electrons. The first kappa shape index (κ1) is 12.2. The molecule has 2 aliphatic heterocycles. The largest absolute Gasteiger partial charge is 0.331 e. The molecule has 2 aromatic carbocycles. The van der Waals surface area contributed by atoms with E-state index in [0.29, 0.717) is 0 Å². The van der Waals surface area contributed by atoms with Gasteiger partial charge in [-0.1, -0.05) is 40.2 Å². The van der Waals surface area contributed by atoms with Crippen LogP contribution >= 0.6 is 15.9 Å². The molecule has 2 aromatic rings. The van der Waals surface area contributed by atoms with Crippen molar-refractivity contribution < 1.29 is 4.79 Å². The molecule has 2 nitrogen and oxygen atoms in total. The van der Waals surface area contributed by atoms with Crippen LogP contribution in [0.4, 0.5) is 0 Å². The third-order valence-electron chi connectivity index (χ3n) is 4.38. The molecule has 0 fully saturated rings. The van der Waals surface area contributed by atoms with Crippen LogP contribution in [0.1, 0.15) is 33.1 Å². The minimum atomic E-state index is 0.179. The maximum absolute atomic E-state index is 12.7. The summed E-state index contributed by atoms with van der Waals surface area (Å²) in [4.78, 5) is 14.7. The maximum atomic E-state index is 12.7. The number of hydrogen-bond acceptors (Lipinski definition) is 1. The van der Waals surface area contributed by atoms with Gasteiger partial charge in [0.15, 0.2) is 0 Å². The Morgan fingerprint density at radius 2 is 1.95 bits per heavy atom. The zero-order valence-corrected chi connectivity index (χ0v) is 12.6. The van der Waals surface area contributed by atoms with E-state index < -0.39 is 0 Å². The number of amides is 1. The fourth-order valence-corrected chi connectivity index (χ4v) is 3.83. The van der Waals surface area contributed by atoms with Crippen molar-refractivity contribution in [3.63, 3.8) is 0 Å². The fourth-order valence-electron chi connectivity index (χ4n) is 3.42. The van der Waals surface area contributed by atoms with Gasteiger partial charge in [0.2, 0.25) is 0 Å². The Morgan fingerprint density at radius 1 is 1.10 bits per heavy atom. The highest BCUT2D eigenvalue weighted by Gasteiger charge is 2.36. The SMILES string of the molecule is O=C1c2ccc(Br)cc2C[C@H]2c3ccccc3CCN12. The molecule has 3 heteroatoms. The summed E-state index contributed by atoms with van der Waals surface area (Å²) in [6.45, 7) is 0.829. The number of hydrogen-bond donors (Lipinski definition) is 0. The van der Waals surface area contributed by atoms with Crippen molar-refractivity contribution in [1.82, 2.24) is 4.90 Å². The van der Waals surface area contributed by atoms with E-state index in [1.807, 2.05) is 17.0 Å². The van der Waals surface area contributed by atoms with Crippen molar-refractivity contribution in [2.45, 2.75) is 18.9 Å². The fraction of sp³-hybridized carbons (Fsp3) is 0.235. The van der Waals surface area contributed by atoms with E-state index in [9.17, 15) is 4.79 Å². The average molecular weight is 328 g/mol. The molecular weight excluding hydrogens is 314 g/mol. The highest BCUT2D eigenvalue weighted by Crippen LogP contribution is 2.38. The van der Waals surface area contributed by atoms with E-state index in [-0.39, 0.29) is 11.9 Å². The average Bonchev–Trinajstić information content (AvgIpc) is 2.47. The van der Waals surface area contributed by atoms with Crippen molar-refractivity contribution in [2.75, 3.05) is 6.54 Å². The number of rotatable bonds is 0. The highest BCUT2D eigenvalue weighted by molar-refractivity contribution is 9.10. The van der Waals surface area contributed by atoms with Gasteiger partial charge in [-0.05, 0) is 47.7 Å². The number of fused-ring (bicyclic) bond motifs is 4. The van der Waals surface area contributed by atoms with E-state index in [1.165, 1.54) is 11.1 Å². The van der Waals surface area contributed by atoms with Gasteiger partial charge in [0.05, 0.1) is 6.04 Å². The first-order chi connectivity index (χ1) is 9.74. The lowest BCUT2D eigenvalue weighted by Crippen LogP contribution is -2.44. The molecule has 0 radical (unpaired) electrons. The number of nitrogens with zero attached hydrogens (tertiary/aromatic N) is 1. The summed E-state index contributed by atoms with van der Waals surface area (Å²) in [6, 6.07) is 14.7. The standard InChI is InChI=1S/C17H14BrNO/c18-13-5-6-15-12(9-13)10-16-14-4-2-1-3-11(14)7-8-19(16)17(15)20/h1-6,9,16H,7-8,10H2/t16-/m0/s1. The summed E-state index contributed by atoms with van der Waals surface area (Å²) >= 11 is 3.51. The molecule has 0 unspecified atom stereocenters. The van der Waals surface area contributed by atoms with Crippen LogP contribution in [0.5, 0.6) is 0 Å². The minimum absolute atomic E-state index is 0.179. The van der Waals surface area contributed by atoms with Crippen LogP contribution < -0.4 is 0 Å². The summed E-state index contributed by atoms with van der Waals surface area (Å²) < 4.78 is 1.04. The predicted octanol–water partition coefficient (Wildman–Crippen LogP) is 3.74. The Hall–Kier alpha value is -1.61. The Labute approximate surface area is 126 Å². The lowest BCUT2D eigenvalue weighted by molar-refractivity contribution is 0.0632. The molecule has 4 rings (SSSR count). The van der Waals surface area contributed by atoms with Gasteiger partial charge in [-0.3, -0.25) is 4.79 Å². The van der Waals surface area contributed by atoms with Gasteiger partial charge >= 0.3 is 0 Å². The predicted molar refractivity (Wildman–Crippen MR) is 81.8 cm³/mol. The van der Waals surface area contributed by atoms with Crippen molar-refractivity contribution >= 4 is 21.8 Å². The normalized spacial score (nSPS) is 20.1. The Bertz CT molecular complexity index is 710. The van der Waals surface area contributed by atoms with Gasteiger partial charge in [-0.2, -0.15) is 0 Å². The van der Waals surface area contributed by atoms with Crippen LogP contribution in [0, 0.1) is 0 Å². The maximum Gasteiger partial charge on any atom is 0.254 e. The quantitative estimate of drug-likeness (QED) is 0.721. The summed E-state index contributed by atoms with van der Waals surface area (Å²) in [7, 11) is 0. The molecule has 0 spiro atoms. The van der Waals surface area contributed by atoms with Gasteiger partial charge in [-0.25, -0.2) is 0 Å². The first-order valence-electron chi connectivity index (χ1n) is 6.91. The zero-order chi connectivity index (χ0) is 13.7. The first-order valence-corrected chi connectivity index (χ1v) is 7.70. The van der Waals surface area contributed by atoms with Crippen LogP contribution in [-0.2, 0) is 12.8 Å². The second-order valence-corrected chi connectivity index (χ2v) is 6.38. The Balaban J connectivity index is 1.85. The molecule has 0 N–H and O–H groups in total. The topological polar surface area (TPSA) is 20.3 Å². The van der Waals surface area contributed by atoms with Gasteiger partial charge in [-0.15, -0.1) is 0 Å². The summed E-state index contributed by atoms with van der Waals surface area (Å²) in [6.07, 6.45) is 1.88. The number of halogens is 1. The van der Waals surface area contributed by atoms with E-state index in [0.717, 1.165) is 35.0 Å².